The zero-order valence-corrected chi connectivity index (χ0v) is 19.8. The van der Waals surface area contributed by atoms with Crippen molar-refractivity contribution in [2.45, 2.75) is 51.1 Å². The molecule has 1 aromatic carbocycles. The summed E-state index contributed by atoms with van der Waals surface area (Å²) in [6, 6.07) is 4.90. The van der Waals surface area contributed by atoms with Gasteiger partial charge in [-0.25, -0.2) is 4.79 Å². The zero-order chi connectivity index (χ0) is 23.1. The first-order valence-electron chi connectivity index (χ1n) is 11.4. The SMILES string of the molecule is O=C1NC(=O)N(C2CCCC2)C(=O)/C1=C\c1cn(CC(=O)N2CCCC2)c2ccc(Br)cc12. The Morgan fingerprint density at radius 1 is 1.09 bits per heavy atom. The first-order valence-corrected chi connectivity index (χ1v) is 12.2. The van der Waals surface area contributed by atoms with E-state index >= 15 is 0 Å². The van der Waals surface area contributed by atoms with Gasteiger partial charge < -0.3 is 9.47 Å². The van der Waals surface area contributed by atoms with Crippen LogP contribution in [0.2, 0.25) is 0 Å². The molecule has 0 atom stereocenters. The topological polar surface area (TPSA) is 91.7 Å². The molecule has 172 valence electrons. The molecular weight excluding hydrogens is 488 g/mol. The lowest BCUT2D eigenvalue weighted by atomic mass is 10.0. The van der Waals surface area contributed by atoms with Gasteiger partial charge in [0.2, 0.25) is 5.91 Å². The van der Waals surface area contributed by atoms with E-state index in [0.717, 1.165) is 67.0 Å². The summed E-state index contributed by atoms with van der Waals surface area (Å²) >= 11 is 3.49. The zero-order valence-electron chi connectivity index (χ0n) is 18.2. The Morgan fingerprint density at radius 3 is 2.55 bits per heavy atom. The van der Waals surface area contributed by atoms with Gasteiger partial charge in [0.05, 0.1) is 0 Å². The monoisotopic (exact) mass is 512 g/mol. The van der Waals surface area contributed by atoms with Gasteiger partial charge in [0.15, 0.2) is 0 Å². The van der Waals surface area contributed by atoms with Gasteiger partial charge in [0.25, 0.3) is 11.8 Å². The number of amides is 5. The third kappa shape index (κ3) is 4.10. The molecule has 2 saturated heterocycles. The molecule has 33 heavy (non-hydrogen) atoms. The van der Waals surface area contributed by atoms with Crippen molar-refractivity contribution in [2.24, 2.45) is 0 Å². The molecule has 2 aliphatic heterocycles. The van der Waals surface area contributed by atoms with Gasteiger partial charge in [-0.1, -0.05) is 28.8 Å². The van der Waals surface area contributed by atoms with E-state index in [2.05, 4.69) is 21.2 Å². The molecular formula is C24H25BrN4O4. The van der Waals surface area contributed by atoms with Crippen LogP contribution in [0.15, 0.2) is 34.4 Å². The minimum Gasteiger partial charge on any atom is -0.341 e. The van der Waals surface area contributed by atoms with E-state index in [1.54, 1.807) is 6.20 Å². The van der Waals surface area contributed by atoms with Crippen LogP contribution < -0.4 is 5.32 Å². The number of carbonyl (C=O) groups is 4. The molecule has 0 radical (unpaired) electrons. The average Bonchev–Trinajstić information content (AvgIpc) is 3.53. The number of aromatic nitrogens is 1. The number of barbiturate groups is 1. The summed E-state index contributed by atoms with van der Waals surface area (Å²) < 4.78 is 2.71. The molecule has 0 bridgehead atoms. The predicted octanol–water partition coefficient (Wildman–Crippen LogP) is 3.43. The highest BCUT2D eigenvalue weighted by molar-refractivity contribution is 9.10. The van der Waals surface area contributed by atoms with E-state index in [9.17, 15) is 19.2 Å². The molecule has 3 fully saturated rings. The van der Waals surface area contributed by atoms with Crippen LogP contribution in [0.4, 0.5) is 4.79 Å². The third-order valence-corrected chi connectivity index (χ3v) is 7.25. The third-order valence-electron chi connectivity index (χ3n) is 6.76. The van der Waals surface area contributed by atoms with Crippen molar-refractivity contribution in [1.29, 1.82) is 0 Å². The van der Waals surface area contributed by atoms with E-state index < -0.39 is 17.8 Å². The number of halogens is 1. The van der Waals surface area contributed by atoms with Gasteiger partial charge in [0, 0.05) is 46.3 Å². The number of urea groups is 1. The molecule has 1 saturated carbocycles. The summed E-state index contributed by atoms with van der Waals surface area (Å²) in [7, 11) is 0. The minimum absolute atomic E-state index is 0.0519. The molecule has 5 amide bonds. The summed E-state index contributed by atoms with van der Waals surface area (Å²) in [6.45, 7) is 1.74. The van der Waals surface area contributed by atoms with Crippen molar-refractivity contribution in [3.63, 3.8) is 0 Å². The molecule has 0 unspecified atom stereocenters. The van der Waals surface area contributed by atoms with Crippen LogP contribution in [0.5, 0.6) is 0 Å². The van der Waals surface area contributed by atoms with Crippen molar-refractivity contribution in [2.75, 3.05) is 13.1 Å². The number of fused-ring (bicyclic) bond motifs is 1. The van der Waals surface area contributed by atoms with Crippen LogP contribution in [-0.2, 0) is 20.9 Å². The van der Waals surface area contributed by atoms with Crippen LogP contribution in [0.3, 0.4) is 0 Å². The number of hydrogen-bond donors (Lipinski definition) is 1. The first kappa shape index (κ1) is 21.9. The standard InChI is InChI=1S/C24H25BrN4O4/c25-16-7-8-20-18(12-16)15(13-28(20)14-21(30)27-9-3-4-10-27)11-19-22(31)26-24(33)29(23(19)32)17-5-1-2-6-17/h7-8,11-13,17H,1-6,9-10,14H2,(H,26,31,33)/b19-11-. The second kappa shape index (κ2) is 8.78. The molecule has 9 heteroatoms. The van der Waals surface area contributed by atoms with Gasteiger partial charge in [-0.3, -0.25) is 24.6 Å². The molecule has 1 aromatic heterocycles. The second-order valence-electron chi connectivity index (χ2n) is 8.89. The highest BCUT2D eigenvalue weighted by atomic mass is 79.9. The van der Waals surface area contributed by atoms with Crippen LogP contribution in [0, 0.1) is 0 Å². The molecule has 3 heterocycles. The van der Waals surface area contributed by atoms with E-state index in [0.29, 0.717) is 5.56 Å². The molecule has 1 N–H and O–H groups in total. The van der Waals surface area contributed by atoms with Crippen molar-refractivity contribution in [1.82, 2.24) is 19.7 Å². The predicted molar refractivity (Wildman–Crippen MR) is 126 cm³/mol. The molecule has 3 aliphatic rings. The Kier molecular flexibility index (Phi) is 5.82. The second-order valence-corrected chi connectivity index (χ2v) is 9.81. The number of rotatable bonds is 4. The molecule has 1 aliphatic carbocycles. The van der Waals surface area contributed by atoms with Gasteiger partial charge in [-0.2, -0.15) is 0 Å². The quantitative estimate of drug-likeness (QED) is 0.501. The van der Waals surface area contributed by atoms with Gasteiger partial charge in [0.1, 0.15) is 12.1 Å². The molecule has 8 nitrogen and oxygen atoms in total. The molecule has 2 aromatic rings. The summed E-state index contributed by atoms with van der Waals surface area (Å²) in [4.78, 5) is 54.1. The van der Waals surface area contributed by atoms with Crippen molar-refractivity contribution in [3.05, 3.63) is 40.0 Å². The minimum atomic E-state index is -0.691. The number of nitrogens with one attached hydrogen (secondary N) is 1. The Hall–Kier alpha value is -2.94. The van der Waals surface area contributed by atoms with Crippen molar-refractivity contribution >= 4 is 56.7 Å². The smallest absolute Gasteiger partial charge is 0.331 e. The summed E-state index contributed by atoms with van der Waals surface area (Å²) in [5, 5.41) is 3.14. The Bertz CT molecular complexity index is 1190. The van der Waals surface area contributed by atoms with E-state index in [1.165, 1.54) is 11.0 Å². The summed E-state index contributed by atoms with van der Waals surface area (Å²) in [5.41, 5.74) is 1.43. The van der Waals surface area contributed by atoms with E-state index in [1.807, 2.05) is 27.7 Å². The number of imide groups is 2. The fraction of sp³-hybridized carbons (Fsp3) is 0.417. The summed E-state index contributed by atoms with van der Waals surface area (Å²) in [5.74, 6) is -1.20. The average molecular weight is 513 g/mol. The number of nitrogens with zero attached hydrogens (tertiary/aromatic N) is 3. The van der Waals surface area contributed by atoms with Crippen LogP contribution in [0.1, 0.15) is 44.1 Å². The lowest BCUT2D eigenvalue weighted by molar-refractivity contribution is -0.132. The van der Waals surface area contributed by atoms with Crippen molar-refractivity contribution < 1.29 is 19.2 Å². The number of benzene rings is 1. The number of likely N-dealkylation sites (tertiary alicyclic amines) is 1. The highest BCUT2D eigenvalue weighted by Crippen LogP contribution is 2.30. The maximum absolute atomic E-state index is 13.2. The summed E-state index contributed by atoms with van der Waals surface area (Å²) in [6.07, 6.45) is 8.82. The maximum atomic E-state index is 13.2. The fourth-order valence-corrected chi connectivity index (χ4v) is 5.44. The van der Waals surface area contributed by atoms with Crippen LogP contribution >= 0.6 is 15.9 Å². The van der Waals surface area contributed by atoms with E-state index in [4.69, 9.17) is 0 Å². The largest absolute Gasteiger partial charge is 0.341 e. The van der Waals surface area contributed by atoms with Crippen molar-refractivity contribution in [3.8, 4) is 0 Å². The number of carbonyl (C=O) groups excluding carboxylic acids is 4. The Balaban J connectivity index is 1.52. The first-order chi connectivity index (χ1) is 15.9. The molecule has 0 spiro atoms. The molecule has 5 rings (SSSR count). The fourth-order valence-electron chi connectivity index (χ4n) is 5.08. The van der Waals surface area contributed by atoms with Gasteiger partial charge in [-0.15, -0.1) is 0 Å². The van der Waals surface area contributed by atoms with Crippen LogP contribution in [0.25, 0.3) is 17.0 Å². The van der Waals surface area contributed by atoms with Crippen LogP contribution in [-0.4, -0.2) is 57.3 Å². The maximum Gasteiger partial charge on any atom is 0.331 e. The van der Waals surface area contributed by atoms with Gasteiger partial charge in [-0.05, 0) is 50.0 Å². The Morgan fingerprint density at radius 2 is 1.82 bits per heavy atom. The highest BCUT2D eigenvalue weighted by Gasteiger charge is 2.40. The lowest BCUT2D eigenvalue weighted by Gasteiger charge is -2.31. The normalized spacial score (nSPS) is 21.0. The lowest BCUT2D eigenvalue weighted by Crippen LogP contribution is -2.57. The Labute approximate surface area is 199 Å². The van der Waals surface area contributed by atoms with E-state index in [-0.39, 0.29) is 24.1 Å². The number of hydrogen-bond acceptors (Lipinski definition) is 4. The van der Waals surface area contributed by atoms with Gasteiger partial charge >= 0.3 is 6.03 Å².